The van der Waals surface area contributed by atoms with Crippen LogP contribution in [0.1, 0.15) is 48.9 Å². The Labute approximate surface area is 208 Å². The number of ketones is 1. The molecule has 2 aliphatic heterocycles. The van der Waals surface area contributed by atoms with Crippen LogP contribution in [0.4, 0.5) is 0 Å². The Morgan fingerprint density at radius 3 is 2.46 bits per heavy atom. The van der Waals surface area contributed by atoms with Crippen molar-refractivity contribution in [1.82, 2.24) is 10.2 Å². The molecule has 2 N–H and O–H groups in total. The summed E-state index contributed by atoms with van der Waals surface area (Å²) in [6.45, 7) is 7.07. The van der Waals surface area contributed by atoms with Crippen molar-refractivity contribution in [2.24, 2.45) is 5.92 Å². The van der Waals surface area contributed by atoms with Gasteiger partial charge in [-0.1, -0.05) is 42.5 Å². The van der Waals surface area contributed by atoms with Crippen LogP contribution in [0.15, 0.2) is 54.3 Å². The summed E-state index contributed by atoms with van der Waals surface area (Å²) in [4.78, 5) is 27.0. The molecule has 0 saturated carbocycles. The second kappa shape index (κ2) is 11.6. The molecule has 0 aromatic heterocycles. The van der Waals surface area contributed by atoms with E-state index in [1.54, 1.807) is 0 Å². The normalized spacial score (nSPS) is 18.2. The number of carbonyl (C=O) groups excluding carboxylic acids is 2. The number of hydrogen-bond donors (Lipinski definition) is 2. The Bertz CT molecular complexity index is 1080. The summed E-state index contributed by atoms with van der Waals surface area (Å²) in [5, 5.41) is 12.6. The highest BCUT2D eigenvalue weighted by Crippen LogP contribution is 2.35. The Hall–Kier alpha value is -2.96. The van der Waals surface area contributed by atoms with E-state index in [1.807, 2.05) is 37.3 Å². The number of nitrogens with one attached hydrogen (secondary N) is 1. The molecule has 6 nitrogen and oxygen atoms in total. The molecule has 2 aromatic rings. The molecule has 4 rings (SSSR count). The van der Waals surface area contributed by atoms with Crippen LogP contribution in [-0.2, 0) is 35.4 Å². The molecule has 1 saturated heterocycles. The number of likely N-dealkylation sites (tertiary alicyclic amines) is 1. The predicted octanol–water partition coefficient (Wildman–Crippen LogP) is 3.59. The quantitative estimate of drug-likeness (QED) is 0.578. The summed E-state index contributed by atoms with van der Waals surface area (Å²) in [5.74, 6) is 2.26. The first kappa shape index (κ1) is 25.1. The smallest absolute Gasteiger partial charge is 0.224 e. The number of piperidine rings is 1. The second-order valence-electron chi connectivity index (χ2n) is 9.73. The predicted molar refractivity (Wildman–Crippen MR) is 136 cm³/mol. The maximum absolute atomic E-state index is 12.6. The van der Waals surface area contributed by atoms with Crippen LogP contribution in [0.5, 0.6) is 5.75 Å². The van der Waals surface area contributed by atoms with Crippen LogP contribution in [0, 0.1) is 5.92 Å². The molecule has 2 heterocycles. The number of rotatable bonds is 9. The van der Waals surface area contributed by atoms with Gasteiger partial charge in [0.2, 0.25) is 5.91 Å². The molecule has 2 aliphatic rings. The molecule has 0 radical (unpaired) electrons. The lowest BCUT2D eigenvalue weighted by molar-refractivity contribution is -0.125. The average Bonchev–Trinajstić information content (AvgIpc) is 3.29. The number of Topliss-reactive ketones (excluding diaryl/α,β-unsaturated/α-hetero) is 1. The van der Waals surface area contributed by atoms with Gasteiger partial charge < -0.3 is 15.2 Å². The third-order valence-electron chi connectivity index (χ3n) is 7.09. The fourth-order valence-electron chi connectivity index (χ4n) is 4.87. The third-order valence-corrected chi connectivity index (χ3v) is 7.09. The van der Waals surface area contributed by atoms with Crippen molar-refractivity contribution in [1.29, 1.82) is 0 Å². The summed E-state index contributed by atoms with van der Waals surface area (Å²) < 4.78 is 6.06. The zero-order valence-corrected chi connectivity index (χ0v) is 20.8. The third kappa shape index (κ3) is 6.59. The maximum Gasteiger partial charge on any atom is 0.224 e. The molecular weight excluding hydrogens is 440 g/mol. The molecule has 2 aromatic carbocycles. The maximum atomic E-state index is 12.6. The minimum atomic E-state index is -0.997. The monoisotopic (exact) mass is 476 g/mol. The number of para-hydroxylation sites is 1. The first-order chi connectivity index (χ1) is 16.9. The lowest BCUT2D eigenvalue weighted by Crippen LogP contribution is -2.38. The van der Waals surface area contributed by atoms with Gasteiger partial charge in [0.25, 0.3) is 0 Å². The molecular formula is C29H36N2O4. The Morgan fingerprint density at radius 1 is 1.09 bits per heavy atom. The fraction of sp³-hybridized carbons (Fsp3) is 0.448. The summed E-state index contributed by atoms with van der Waals surface area (Å²) >= 11 is 0. The van der Waals surface area contributed by atoms with Crippen molar-refractivity contribution >= 4 is 11.7 Å². The van der Waals surface area contributed by atoms with Crippen LogP contribution in [0.3, 0.4) is 0 Å². The molecule has 6 heteroatoms. The number of allylic oxidation sites excluding steroid dienone is 2. The second-order valence-corrected chi connectivity index (χ2v) is 9.73. The van der Waals surface area contributed by atoms with Gasteiger partial charge in [-0.05, 0) is 62.9 Å². The number of hydrogen-bond acceptors (Lipinski definition) is 5. The summed E-state index contributed by atoms with van der Waals surface area (Å²) in [5.41, 5.74) is 4.16. The van der Waals surface area contributed by atoms with Gasteiger partial charge in [-0.3, -0.25) is 14.5 Å². The van der Waals surface area contributed by atoms with Crippen molar-refractivity contribution in [3.05, 3.63) is 76.6 Å². The van der Waals surface area contributed by atoms with E-state index in [2.05, 4.69) is 28.4 Å². The van der Waals surface area contributed by atoms with Gasteiger partial charge in [-0.15, -0.1) is 0 Å². The molecule has 1 amide bonds. The van der Waals surface area contributed by atoms with E-state index in [4.69, 9.17) is 4.74 Å². The highest BCUT2D eigenvalue weighted by atomic mass is 16.5. The molecule has 0 spiro atoms. The van der Waals surface area contributed by atoms with Gasteiger partial charge in [0.05, 0.1) is 6.42 Å². The topological polar surface area (TPSA) is 78.9 Å². The lowest BCUT2D eigenvalue weighted by Gasteiger charge is -2.32. The van der Waals surface area contributed by atoms with Crippen LogP contribution in [0.2, 0.25) is 0 Å². The molecule has 0 bridgehead atoms. The van der Waals surface area contributed by atoms with Crippen LogP contribution >= 0.6 is 0 Å². The first-order valence-corrected chi connectivity index (χ1v) is 12.6. The minimum Gasteiger partial charge on any atom is -0.461 e. The number of ether oxygens (including phenoxy) is 1. The zero-order chi connectivity index (χ0) is 24.8. The van der Waals surface area contributed by atoms with Crippen molar-refractivity contribution in [2.45, 2.75) is 58.6 Å². The van der Waals surface area contributed by atoms with Crippen LogP contribution < -0.4 is 10.1 Å². The lowest BCUT2D eigenvalue weighted by atomic mass is 9.95. The Balaban J connectivity index is 1.23. The van der Waals surface area contributed by atoms with Crippen molar-refractivity contribution < 1.29 is 19.4 Å². The minimum absolute atomic E-state index is 0.0267. The van der Waals surface area contributed by atoms with Crippen LogP contribution in [-0.4, -0.2) is 47.4 Å². The number of carbonyl (C=O) groups is 2. The molecule has 1 atom stereocenters. The number of aliphatic hydroxyl groups is 1. The molecule has 1 fully saturated rings. The molecule has 35 heavy (non-hydrogen) atoms. The van der Waals surface area contributed by atoms with E-state index < -0.39 is 6.10 Å². The number of aliphatic hydroxyl groups excluding tert-OH is 1. The number of benzene rings is 2. The summed E-state index contributed by atoms with van der Waals surface area (Å²) in [7, 11) is 0. The van der Waals surface area contributed by atoms with Crippen molar-refractivity contribution in [3.63, 3.8) is 0 Å². The Kier molecular flexibility index (Phi) is 8.37. The van der Waals surface area contributed by atoms with E-state index in [9.17, 15) is 14.7 Å². The van der Waals surface area contributed by atoms with Gasteiger partial charge in [-0.2, -0.15) is 0 Å². The van der Waals surface area contributed by atoms with E-state index in [1.165, 1.54) is 18.1 Å². The van der Waals surface area contributed by atoms with Crippen molar-refractivity contribution in [2.75, 3.05) is 19.6 Å². The first-order valence-electron chi connectivity index (χ1n) is 12.6. The number of fused-ring (bicyclic) bond motifs is 1. The standard InChI is InChI=1S/C29H36N2O4/c1-3-26-15-24-9-6-10-25(29(24)35-26)19-31-13-11-21(12-14-31)18-30-28(34)17-23-8-5-4-7-22(23)16-27(33)20(2)32/h3-10,20-21,32H,11-19H2,1-2H3,(H,30,34)/b26-3+. The van der Waals surface area contributed by atoms with Crippen molar-refractivity contribution in [3.8, 4) is 5.75 Å². The zero-order valence-electron chi connectivity index (χ0n) is 20.8. The van der Waals surface area contributed by atoms with Crippen LogP contribution in [0.25, 0.3) is 0 Å². The summed E-state index contributed by atoms with van der Waals surface area (Å²) in [6.07, 6.45) is 4.41. The SMILES string of the molecule is C/C=C1\Cc2cccc(CN3CCC(CNC(=O)Cc4ccccc4CC(=O)C(C)O)CC3)c2O1. The average molecular weight is 477 g/mol. The molecule has 186 valence electrons. The van der Waals surface area contributed by atoms with E-state index in [0.717, 1.165) is 61.5 Å². The van der Waals surface area contributed by atoms with E-state index in [-0.39, 0.29) is 24.5 Å². The molecule has 1 unspecified atom stereocenters. The Morgan fingerprint density at radius 2 is 1.77 bits per heavy atom. The van der Waals surface area contributed by atoms with E-state index >= 15 is 0 Å². The van der Waals surface area contributed by atoms with E-state index in [0.29, 0.717) is 12.5 Å². The van der Waals surface area contributed by atoms with Gasteiger partial charge in [-0.25, -0.2) is 0 Å². The largest absolute Gasteiger partial charge is 0.461 e. The molecule has 0 aliphatic carbocycles. The van der Waals surface area contributed by atoms with Gasteiger partial charge in [0.1, 0.15) is 17.6 Å². The summed E-state index contributed by atoms with van der Waals surface area (Å²) in [6, 6.07) is 13.9. The van der Waals surface area contributed by atoms with Gasteiger partial charge in [0.15, 0.2) is 5.78 Å². The fourth-order valence-corrected chi connectivity index (χ4v) is 4.87. The highest BCUT2D eigenvalue weighted by molar-refractivity contribution is 5.85. The van der Waals surface area contributed by atoms with Gasteiger partial charge >= 0.3 is 0 Å². The number of amides is 1. The highest BCUT2D eigenvalue weighted by Gasteiger charge is 2.24. The number of nitrogens with zero attached hydrogens (tertiary/aromatic N) is 1. The van der Waals surface area contributed by atoms with Gasteiger partial charge in [0, 0.05) is 37.1 Å².